The van der Waals surface area contributed by atoms with Gasteiger partial charge < -0.3 is 4.42 Å². The molecule has 2 aliphatic rings. The fourth-order valence-corrected chi connectivity index (χ4v) is 11.8. The van der Waals surface area contributed by atoms with Crippen LogP contribution in [0, 0.1) is 13.7 Å². The molecule has 0 fully saturated rings. The number of para-hydroxylation sites is 2. The second-order valence-electron chi connectivity index (χ2n) is 17.8. The Balaban J connectivity index is 1.13. The van der Waals surface area contributed by atoms with E-state index in [0.29, 0.717) is 38.5 Å². The third-order valence-electron chi connectivity index (χ3n) is 14.1. The lowest BCUT2D eigenvalue weighted by Gasteiger charge is -2.43. The highest BCUT2D eigenvalue weighted by atomic mass is 32.2. The van der Waals surface area contributed by atoms with E-state index in [0.717, 1.165) is 77.3 Å². The van der Waals surface area contributed by atoms with Crippen molar-refractivity contribution in [2.45, 2.75) is 75.3 Å². The van der Waals surface area contributed by atoms with Gasteiger partial charge in [0.05, 0.1) is 22.2 Å². The first-order chi connectivity index (χ1) is 33.6. The number of pyridine rings is 1. The summed E-state index contributed by atoms with van der Waals surface area (Å²) in [7, 11) is 0. The first-order valence-corrected chi connectivity index (χ1v) is 22.1. The molecular formula is C58H47N3OS. The van der Waals surface area contributed by atoms with Crippen LogP contribution in [0.5, 0.6) is 0 Å². The van der Waals surface area contributed by atoms with Crippen molar-refractivity contribution < 1.29 is 15.4 Å². The number of hydrogen-bond donors (Lipinski definition) is 0. The number of oxazole rings is 1. The Morgan fingerprint density at radius 1 is 0.619 bits per heavy atom. The number of nitrogens with zero attached hydrogens (tertiary/aromatic N) is 3. The van der Waals surface area contributed by atoms with Crippen LogP contribution in [0.25, 0.3) is 94.9 Å². The van der Waals surface area contributed by atoms with Crippen LogP contribution in [0.1, 0.15) is 73.4 Å². The second kappa shape index (κ2) is 13.7. The summed E-state index contributed by atoms with van der Waals surface area (Å²) >= 11 is 1.40. The zero-order valence-corrected chi connectivity index (χ0v) is 36.3. The van der Waals surface area contributed by atoms with Gasteiger partial charge in [-0.2, -0.15) is 4.98 Å². The molecule has 0 spiro atoms. The fourth-order valence-electron chi connectivity index (χ4n) is 10.2. The Bertz CT molecular complexity index is 3890. The number of benzene rings is 7. The highest BCUT2D eigenvalue weighted by molar-refractivity contribution is 7.99. The van der Waals surface area contributed by atoms with Crippen molar-refractivity contribution in [3.63, 3.8) is 0 Å². The summed E-state index contributed by atoms with van der Waals surface area (Å²) in [4.78, 5) is 11.1. The lowest BCUT2D eigenvalue weighted by atomic mass is 9.60. The van der Waals surface area contributed by atoms with E-state index in [1.807, 2.05) is 89.5 Å². The summed E-state index contributed by atoms with van der Waals surface area (Å²) in [6.07, 6.45) is -0.0921. The Labute approximate surface area is 383 Å². The monoisotopic (exact) mass is 841 g/mol. The predicted octanol–water partition coefficient (Wildman–Crippen LogP) is 15.8. The minimum Gasteiger partial charge on any atom is -0.422 e. The zero-order valence-electron chi connectivity index (χ0n) is 43.5. The molecule has 0 unspecified atom stereocenters. The van der Waals surface area contributed by atoms with E-state index in [1.165, 1.54) is 18.7 Å². The Hall–Kier alpha value is -6.69. The summed E-state index contributed by atoms with van der Waals surface area (Å²) in [5.41, 5.74) is 13.2. The summed E-state index contributed by atoms with van der Waals surface area (Å²) < 4.78 is 81.3. The summed E-state index contributed by atoms with van der Waals surface area (Å²) in [5, 5.41) is 0. The van der Waals surface area contributed by atoms with Crippen molar-refractivity contribution in [2.24, 2.45) is 0 Å². The third kappa shape index (κ3) is 5.36. The number of aryl methyl sites for hydroxylation is 3. The Morgan fingerprint density at radius 3 is 2.11 bits per heavy atom. The van der Waals surface area contributed by atoms with Gasteiger partial charge in [0.2, 0.25) is 0 Å². The van der Waals surface area contributed by atoms with Gasteiger partial charge in [0.25, 0.3) is 0 Å². The number of imidazole rings is 1. The minimum atomic E-state index is -2.67. The first-order valence-electron chi connectivity index (χ1n) is 25.3. The van der Waals surface area contributed by atoms with Gasteiger partial charge in [-0.3, -0.25) is 9.38 Å². The van der Waals surface area contributed by atoms with Gasteiger partial charge in [-0.1, -0.05) is 143 Å². The molecule has 306 valence electrons. The lowest BCUT2D eigenvalue weighted by molar-refractivity contribution is 0.296. The van der Waals surface area contributed by atoms with E-state index in [1.54, 1.807) is 18.2 Å². The Morgan fingerprint density at radius 2 is 1.32 bits per heavy atom. The molecule has 0 atom stereocenters. The van der Waals surface area contributed by atoms with Crippen LogP contribution in [0.15, 0.2) is 160 Å². The predicted molar refractivity (Wildman–Crippen MR) is 262 cm³/mol. The molecule has 1 aliphatic heterocycles. The fraction of sp³-hybridized carbons (Fsp3) is 0.172. The number of rotatable bonds is 3. The van der Waals surface area contributed by atoms with Gasteiger partial charge in [0.1, 0.15) is 0 Å². The largest absolute Gasteiger partial charge is 0.422 e. The van der Waals surface area contributed by atoms with E-state index >= 15 is 0 Å². The lowest BCUT2D eigenvalue weighted by Crippen LogP contribution is -2.40. The van der Waals surface area contributed by atoms with E-state index in [2.05, 4.69) is 70.2 Å². The van der Waals surface area contributed by atoms with Gasteiger partial charge >= 0.3 is 5.84 Å². The van der Waals surface area contributed by atoms with Crippen LogP contribution < -0.4 is 0 Å². The molecule has 0 saturated heterocycles. The maximum absolute atomic E-state index is 9.15. The highest BCUT2D eigenvalue weighted by Crippen LogP contribution is 2.58. The van der Waals surface area contributed by atoms with Crippen LogP contribution in [0.4, 0.5) is 0 Å². The summed E-state index contributed by atoms with van der Waals surface area (Å²) in [6, 6.07) is 45.4. The van der Waals surface area contributed by atoms with Gasteiger partial charge in [0, 0.05) is 43.6 Å². The normalized spacial score (nSPS) is 17.0. The topological polar surface area (TPSA) is 43.3 Å². The van der Waals surface area contributed by atoms with Gasteiger partial charge in [0.15, 0.2) is 5.58 Å². The van der Waals surface area contributed by atoms with Crippen LogP contribution >= 0.6 is 11.8 Å². The van der Waals surface area contributed by atoms with Crippen LogP contribution in [0.3, 0.4) is 0 Å². The quantitative estimate of drug-likeness (QED) is 0.178. The van der Waals surface area contributed by atoms with Crippen molar-refractivity contribution in [2.75, 3.05) is 0 Å². The number of hydrogen-bond acceptors (Lipinski definition) is 4. The number of aromatic nitrogens is 3. The van der Waals surface area contributed by atoms with E-state index in [9.17, 15) is 0 Å². The second-order valence-corrected chi connectivity index (χ2v) is 18.8. The van der Waals surface area contributed by atoms with E-state index in [4.69, 9.17) is 25.4 Å². The first kappa shape index (κ1) is 30.4. The van der Waals surface area contributed by atoms with Crippen LogP contribution in [-0.2, 0) is 17.2 Å². The van der Waals surface area contributed by atoms with Crippen molar-refractivity contribution in [1.29, 1.82) is 0 Å². The third-order valence-corrected chi connectivity index (χ3v) is 15.3. The molecule has 0 amide bonds. The van der Waals surface area contributed by atoms with Crippen molar-refractivity contribution in [3.8, 4) is 66.9 Å². The molecule has 0 radical (unpaired) electrons. The average molecular weight is 842 g/mol. The maximum atomic E-state index is 9.15. The summed E-state index contributed by atoms with van der Waals surface area (Å²) in [5.74, 6) is 0.314. The molecule has 7 aromatic carbocycles. The van der Waals surface area contributed by atoms with Crippen molar-refractivity contribution in [1.82, 2.24) is 14.4 Å². The molecule has 10 aromatic rings. The van der Waals surface area contributed by atoms with Gasteiger partial charge in [-0.25, -0.2) is 0 Å². The molecule has 0 bridgehead atoms. The standard InChI is InChI=1S/C58H47N3OS/c1-8-35-25-28-49-54(62-56-60-47-21-13-14-22-48(47)61(49)56)52(35)43-32-46-50(30-34(43)3)63-55-45(57(4,5)58(46,6)7)27-23-33(2)51(55)36-24-26-40-37-16-9-10-17-38(37)42-20-15-29-59-53(42)41-19-12-11-18-39(41)44(40)31-36/h9-32H,8H2,1-7H3/i2D3,3D3,8D2. The molecule has 4 heterocycles. The van der Waals surface area contributed by atoms with E-state index in [-0.39, 0.29) is 16.7 Å². The van der Waals surface area contributed by atoms with Crippen molar-refractivity contribution >= 4 is 39.7 Å². The van der Waals surface area contributed by atoms with Crippen LogP contribution in [-0.4, -0.2) is 14.4 Å². The van der Waals surface area contributed by atoms with Gasteiger partial charge in [-0.15, -0.1) is 0 Å². The van der Waals surface area contributed by atoms with E-state index < -0.39 is 30.9 Å². The molecule has 5 heteroatoms. The van der Waals surface area contributed by atoms with Gasteiger partial charge in [-0.05, 0) is 146 Å². The average Bonchev–Trinajstić information content (AvgIpc) is 3.86. The molecule has 0 N–H and O–H groups in total. The highest BCUT2D eigenvalue weighted by Gasteiger charge is 2.45. The maximum Gasteiger partial charge on any atom is 0.307 e. The van der Waals surface area contributed by atoms with Crippen molar-refractivity contribution in [3.05, 3.63) is 174 Å². The minimum absolute atomic E-state index is 0.0245. The molecular weight excluding hydrogens is 787 g/mol. The Kier molecular flexibility index (Phi) is 6.58. The molecule has 63 heavy (non-hydrogen) atoms. The molecule has 4 nitrogen and oxygen atoms in total. The SMILES string of the molecule is [2H]C([2H])([2H])c1cc2c(cc1-c1c(C([2H])([2H])C)ccc3c1oc1nc4ccccc4n13)C(C)(C)C(C)(C)c1ccc(C([2H])([2H])[2H])c(-c3ccc4c(c3)-c3ccccc3-c3ncccc3-c3ccccc3-4)c1S2. The number of fused-ring (bicyclic) bond motifs is 15. The zero-order chi connectivity index (χ0) is 49.7. The summed E-state index contributed by atoms with van der Waals surface area (Å²) in [6.45, 7) is 4.91. The molecule has 12 rings (SSSR count). The smallest absolute Gasteiger partial charge is 0.307 e. The molecule has 3 aromatic heterocycles. The molecule has 0 saturated carbocycles. The molecule has 1 aliphatic carbocycles. The van der Waals surface area contributed by atoms with Crippen LogP contribution in [0.2, 0.25) is 0 Å².